The summed E-state index contributed by atoms with van der Waals surface area (Å²) in [4.78, 5) is 18.6. The third-order valence-corrected chi connectivity index (χ3v) is 6.62. The van der Waals surface area contributed by atoms with Crippen LogP contribution in [-0.4, -0.2) is 31.6 Å². The zero-order chi connectivity index (χ0) is 14.7. The molecule has 4 rings (SSSR count). The molecule has 2 saturated heterocycles. The number of rotatable bonds is 2. The van der Waals surface area contributed by atoms with E-state index in [2.05, 4.69) is 17.1 Å². The lowest BCUT2D eigenvalue weighted by molar-refractivity contribution is -0.131. The molecule has 0 bridgehead atoms. The number of carbonyl (C=O) groups excluding carboxylic acids is 1. The van der Waals surface area contributed by atoms with Crippen molar-refractivity contribution in [2.75, 3.05) is 5.75 Å². The third kappa shape index (κ3) is 1.93. The fourth-order valence-electron chi connectivity index (χ4n) is 3.81. The van der Waals surface area contributed by atoms with Crippen molar-refractivity contribution in [2.45, 2.75) is 61.9 Å². The number of thioether (sulfide) groups is 1. The molecular weight excluding hydrogens is 288 g/mol. The van der Waals surface area contributed by atoms with Crippen molar-refractivity contribution in [3.05, 3.63) is 11.7 Å². The van der Waals surface area contributed by atoms with E-state index in [1.54, 1.807) is 0 Å². The van der Waals surface area contributed by atoms with Gasteiger partial charge in [0.2, 0.25) is 11.8 Å². The highest BCUT2D eigenvalue weighted by Crippen LogP contribution is 2.52. The highest BCUT2D eigenvalue weighted by atomic mass is 32.2. The Morgan fingerprint density at radius 1 is 1.38 bits per heavy atom. The minimum atomic E-state index is -0.439. The number of carbonyl (C=O) groups is 1. The summed E-state index contributed by atoms with van der Waals surface area (Å²) in [6, 6.07) is -0.0961. The molecule has 21 heavy (non-hydrogen) atoms. The van der Waals surface area contributed by atoms with Crippen molar-refractivity contribution in [1.29, 1.82) is 0 Å². The molecule has 6 nitrogen and oxygen atoms in total. The van der Waals surface area contributed by atoms with E-state index in [1.807, 2.05) is 16.7 Å². The molecule has 0 radical (unpaired) electrons. The van der Waals surface area contributed by atoms with Gasteiger partial charge in [0, 0.05) is 12.2 Å². The average Bonchev–Trinajstić information content (AvgIpc) is 3.17. The van der Waals surface area contributed by atoms with Gasteiger partial charge in [0.15, 0.2) is 5.82 Å². The quantitative estimate of drug-likeness (QED) is 0.898. The van der Waals surface area contributed by atoms with Crippen LogP contribution in [0.3, 0.4) is 0 Å². The van der Waals surface area contributed by atoms with E-state index >= 15 is 0 Å². The van der Waals surface area contributed by atoms with Gasteiger partial charge in [-0.05, 0) is 26.2 Å². The largest absolute Gasteiger partial charge is 0.337 e. The fraction of sp³-hybridized carbons (Fsp3) is 0.786. The summed E-state index contributed by atoms with van der Waals surface area (Å²) in [5, 5.41) is 4.12. The third-order valence-electron chi connectivity index (χ3n) is 5.11. The van der Waals surface area contributed by atoms with Gasteiger partial charge in [-0.3, -0.25) is 4.79 Å². The molecule has 2 unspecified atom stereocenters. The Balaban J connectivity index is 1.63. The molecule has 114 valence electrons. The molecule has 1 aromatic rings. The summed E-state index contributed by atoms with van der Waals surface area (Å²) < 4.78 is 5.48. The van der Waals surface area contributed by atoms with Crippen LogP contribution in [0.1, 0.15) is 63.2 Å². The average molecular weight is 308 g/mol. The summed E-state index contributed by atoms with van der Waals surface area (Å²) in [7, 11) is 0. The number of aromatic nitrogens is 2. The molecule has 1 amide bonds. The fourth-order valence-corrected chi connectivity index (χ4v) is 5.23. The van der Waals surface area contributed by atoms with E-state index < -0.39 is 5.54 Å². The van der Waals surface area contributed by atoms with Gasteiger partial charge >= 0.3 is 0 Å². The van der Waals surface area contributed by atoms with Crippen LogP contribution in [0.4, 0.5) is 0 Å². The first-order chi connectivity index (χ1) is 10.0. The van der Waals surface area contributed by atoms with Crippen LogP contribution < -0.4 is 5.73 Å². The molecule has 3 aliphatic rings. The molecule has 1 saturated carbocycles. The second kappa shape index (κ2) is 4.46. The Bertz CT molecular complexity index is 583. The van der Waals surface area contributed by atoms with Gasteiger partial charge in [-0.15, -0.1) is 11.8 Å². The number of nitrogens with zero attached hydrogens (tertiary/aromatic N) is 3. The van der Waals surface area contributed by atoms with Crippen molar-refractivity contribution in [1.82, 2.24) is 15.0 Å². The predicted molar refractivity (Wildman–Crippen MR) is 78.3 cm³/mol. The van der Waals surface area contributed by atoms with Crippen LogP contribution >= 0.6 is 11.8 Å². The molecule has 2 N–H and O–H groups in total. The van der Waals surface area contributed by atoms with Crippen molar-refractivity contribution in [2.24, 2.45) is 5.73 Å². The number of fused-ring (bicyclic) bond motifs is 1. The first-order valence-corrected chi connectivity index (χ1v) is 8.60. The van der Waals surface area contributed by atoms with Gasteiger partial charge in [-0.2, -0.15) is 4.98 Å². The number of hydrogen-bond acceptors (Lipinski definition) is 6. The van der Waals surface area contributed by atoms with Crippen molar-refractivity contribution < 1.29 is 9.32 Å². The molecular formula is C14H20N4O2S. The second-order valence-electron chi connectivity index (χ2n) is 6.59. The van der Waals surface area contributed by atoms with Gasteiger partial charge in [0.25, 0.3) is 0 Å². The zero-order valence-electron chi connectivity index (χ0n) is 12.2. The van der Waals surface area contributed by atoms with Crippen LogP contribution in [0.5, 0.6) is 0 Å². The molecule has 3 heterocycles. The van der Waals surface area contributed by atoms with Crippen LogP contribution in [0.15, 0.2) is 4.52 Å². The molecule has 3 fully saturated rings. The van der Waals surface area contributed by atoms with Gasteiger partial charge in [0.05, 0.1) is 10.4 Å². The monoisotopic (exact) mass is 308 g/mol. The van der Waals surface area contributed by atoms with E-state index in [0.717, 1.165) is 37.9 Å². The number of amides is 1. The van der Waals surface area contributed by atoms with Gasteiger partial charge in [0.1, 0.15) is 6.04 Å². The molecule has 0 aromatic carbocycles. The van der Waals surface area contributed by atoms with E-state index in [0.29, 0.717) is 18.1 Å². The first-order valence-electron chi connectivity index (χ1n) is 7.61. The van der Waals surface area contributed by atoms with E-state index in [4.69, 9.17) is 10.3 Å². The minimum absolute atomic E-state index is 0.0961. The maximum Gasteiger partial charge on any atom is 0.250 e. The van der Waals surface area contributed by atoms with E-state index in [1.165, 1.54) is 0 Å². The standard InChI is InChI=1S/C14H20N4O2S/c1-13-7-4-10(19)18(13)9(8-21-13)11-16-12(17-20-11)14(15)5-2-3-6-14/h9H,2-8,15H2,1H3. The van der Waals surface area contributed by atoms with E-state index in [9.17, 15) is 4.79 Å². The summed E-state index contributed by atoms with van der Waals surface area (Å²) >= 11 is 1.81. The maximum atomic E-state index is 12.2. The summed E-state index contributed by atoms with van der Waals surface area (Å²) in [6.07, 6.45) is 5.55. The molecule has 1 aliphatic carbocycles. The summed E-state index contributed by atoms with van der Waals surface area (Å²) in [5.74, 6) is 2.17. The first kappa shape index (κ1) is 13.6. The minimum Gasteiger partial charge on any atom is -0.337 e. The molecule has 2 atom stereocenters. The second-order valence-corrected chi connectivity index (χ2v) is 8.09. The van der Waals surface area contributed by atoms with Crippen LogP contribution in [0.2, 0.25) is 0 Å². The van der Waals surface area contributed by atoms with Crippen molar-refractivity contribution in [3.8, 4) is 0 Å². The normalized spacial score (nSPS) is 34.7. The van der Waals surface area contributed by atoms with Crippen LogP contribution in [0.25, 0.3) is 0 Å². The predicted octanol–water partition coefficient (Wildman–Crippen LogP) is 1.92. The molecule has 2 aliphatic heterocycles. The lowest BCUT2D eigenvalue weighted by Gasteiger charge is -2.28. The smallest absolute Gasteiger partial charge is 0.250 e. The van der Waals surface area contributed by atoms with Crippen molar-refractivity contribution in [3.63, 3.8) is 0 Å². The van der Waals surface area contributed by atoms with Gasteiger partial charge in [-0.1, -0.05) is 18.0 Å². The number of nitrogens with two attached hydrogens (primary N) is 1. The van der Waals surface area contributed by atoms with Crippen molar-refractivity contribution >= 4 is 17.7 Å². The highest BCUT2D eigenvalue weighted by Gasteiger charge is 2.53. The molecule has 0 spiro atoms. The highest BCUT2D eigenvalue weighted by molar-refractivity contribution is 8.00. The summed E-state index contributed by atoms with van der Waals surface area (Å²) in [6.45, 7) is 2.13. The topological polar surface area (TPSA) is 85.2 Å². The lowest BCUT2D eigenvalue weighted by Crippen LogP contribution is -2.38. The number of hydrogen-bond donors (Lipinski definition) is 1. The Labute approximate surface area is 127 Å². The van der Waals surface area contributed by atoms with Crippen LogP contribution in [0, 0.1) is 0 Å². The molecule has 7 heteroatoms. The maximum absolute atomic E-state index is 12.2. The van der Waals surface area contributed by atoms with Gasteiger partial charge < -0.3 is 15.2 Å². The lowest BCUT2D eigenvalue weighted by atomic mass is 9.99. The Hall–Kier alpha value is -1.08. The molecule has 1 aromatic heterocycles. The SMILES string of the molecule is CC12CCC(=O)N1C(c1nc(C3(N)CCCC3)no1)CS2. The van der Waals surface area contributed by atoms with E-state index in [-0.39, 0.29) is 16.8 Å². The van der Waals surface area contributed by atoms with Gasteiger partial charge in [-0.25, -0.2) is 0 Å². The Morgan fingerprint density at radius 2 is 2.14 bits per heavy atom. The summed E-state index contributed by atoms with van der Waals surface area (Å²) in [5.41, 5.74) is 5.94. The zero-order valence-corrected chi connectivity index (χ0v) is 13.0. The Morgan fingerprint density at radius 3 is 2.90 bits per heavy atom. The van der Waals surface area contributed by atoms with Crippen LogP contribution in [-0.2, 0) is 10.3 Å². The Kier molecular flexibility index (Phi) is 2.88.